The van der Waals surface area contributed by atoms with E-state index in [1.54, 1.807) is 12.1 Å². The van der Waals surface area contributed by atoms with Crippen molar-refractivity contribution in [2.24, 2.45) is 0 Å². The van der Waals surface area contributed by atoms with Gasteiger partial charge in [0.05, 0.1) is 9.79 Å². The van der Waals surface area contributed by atoms with Gasteiger partial charge in [0.1, 0.15) is 20.2 Å². The molecule has 4 aromatic carbocycles. The number of benzene rings is 4. The average Bonchev–Trinajstić information content (AvgIpc) is 3.22. The maximum Gasteiger partial charge on any atom is 2.00 e. The van der Waals surface area contributed by atoms with E-state index in [2.05, 4.69) is 39.8 Å². The summed E-state index contributed by atoms with van der Waals surface area (Å²) in [4.78, 5) is -0.175. The van der Waals surface area contributed by atoms with Gasteiger partial charge in [-0.15, -0.1) is 0 Å². The fourth-order valence-electron chi connectivity index (χ4n) is 8.53. The van der Waals surface area contributed by atoms with Crippen LogP contribution in [-0.2, 0) is 45.9 Å². The van der Waals surface area contributed by atoms with Crippen molar-refractivity contribution in [1.29, 1.82) is 0 Å². The van der Waals surface area contributed by atoms with E-state index in [-0.39, 0.29) is 58.7 Å². The zero-order valence-electron chi connectivity index (χ0n) is 38.5. The molecule has 0 aromatic heterocycles. The van der Waals surface area contributed by atoms with Crippen LogP contribution in [0.4, 0.5) is 0 Å². The van der Waals surface area contributed by atoms with Crippen molar-refractivity contribution in [3.05, 3.63) is 82.9 Å². The van der Waals surface area contributed by atoms with Crippen LogP contribution >= 0.6 is 0 Å². The summed E-state index contributed by atoms with van der Waals surface area (Å²) in [5.74, 6) is 0. The van der Waals surface area contributed by atoms with Crippen molar-refractivity contribution in [3.63, 3.8) is 0 Å². The van der Waals surface area contributed by atoms with Crippen molar-refractivity contribution in [3.8, 4) is 0 Å². The number of rotatable bonds is 30. The summed E-state index contributed by atoms with van der Waals surface area (Å²) in [6.07, 6.45) is 33.9. The van der Waals surface area contributed by atoms with Crippen LogP contribution in [0.5, 0.6) is 0 Å². The molecule has 4 aromatic rings. The normalized spacial score (nSPS) is 11.8. The molecule has 0 aliphatic carbocycles. The Morgan fingerprint density at radius 1 is 0.361 bits per heavy atom. The molecule has 0 saturated carbocycles. The van der Waals surface area contributed by atoms with Crippen molar-refractivity contribution < 1.29 is 25.9 Å². The van der Waals surface area contributed by atoms with E-state index in [0.29, 0.717) is 10.8 Å². The summed E-state index contributed by atoms with van der Waals surface area (Å²) < 4.78 is 70.5. The van der Waals surface area contributed by atoms with Crippen LogP contribution in [0.3, 0.4) is 0 Å². The Balaban J connectivity index is 0.000000413. The Kier molecular flexibility index (Phi) is 29.0. The number of hydrogen-bond donors (Lipinski definition) is 0. The number of unbranched alkanes of at least 4 members (excludes halogenated alkanes) is 20. The van der Waals surface area contributed by atoms with Gasteiger partial charge in [-0.2, -0.15) is 0 Å². The topological polar surface area (TPSA) is 114 Å². The van der Waals surface area contributed by atoms with E-state index in [9.17, 15) is 25.9 Å². The van der Waals surface area contributed by atoms with E-state index in [4.69, 9.17) is 0 Å². The third-order valence-corrected chi connectivity index (χ3v) is 13.8. The first-order valence-corrected chi connectivity index (χ1v) is 26.8. The average molecular weight is 1000 g/mol. The predicted molar refractivity (Wildman–Crippen MR) is 258 cm³/mol. The zero-order valence-corrected chi connectivity index (χ0v) is 44.6. The summed E-state index contributed by atoms with van der Waals surface area (Å²) in [5.41, 5.74) is 5.10. The van der Waals surface area contributed by atoms with E-state index in [1.807, 2.05) is 24.3 Å². The Bertz CT molecular complexity index is 1900. The fraction of sp³-hybridized carbons (Fsp3) is 0.615. The Hall–Kier alpha value is -1.21. The van der Waals surface area contributed by atoms with E-state index < -0.39 is 20.2 Å². The van der Waals surface area contributed by atoms with Gasteiger partial charge in [-0.1, -0.05) is 193 Å². The quantitative estimate of drug-likeness (QED) is 0.0292. The fourth-order valence-corrected chi connectivity index (χ4v) is 9.91. The molecule has 0 aliphatic rings. The molecule has 0 aliphatic heterocycles. The van der Waals surface area contributed by atoms with E-state index >= 15 is 0 Å². The summed E-state index contributed by atoms with van der Waals surface area (Å²) in [5, 5.41) is 2.89. The first-order chi connectivity index (χ1) is 28.9. The second-order valence-corrected chi connectivity index (χ2v) is 19.9. The maximum absolute atomic E-state index is 11.7. The molecule has 0 atom stereocenters. The van der Waals surface area contributed by atoms with Gasteiger partial charge in [-0.25, -0.2) is 16.8 Å². The molecular weight excluding hydrogens is 922 g/mol. The van der Waals surface area contributed by atoms with Crippen LogP contribution < -0.4 is 0 Å². The monoisotopic (exact) mass is 1000 g/mol. The molecular formula is C52H78BaO6S2. The zero-order chi connectivity index (χ0) is 43.6. The minimum Gasteiger partial charge on any atom is -0.744 e. The molecule has 0 fully saturated rings. The summed E-state index contributed by atoms with van der Waals surface area (Å²) in [6, 6.07) is 18.3. The predicted octanol–water partition coefficient (Wildman–Crippen LogP) is 14.7. The molecule has 0 spiro atoms. The molecule has 0 saturated heterocycles. The van der Waals surface area contributed by atoms with Crippen LogP contribution in [0.15, 0.2) is 70.5 Å². The van der Waals surface area contributed by atoms with Gasteiger partial charge in [0.2, 0.25) is 0 Å². The number of hydrogen-bond acceptors (Lipinski definition) is 6. The minimum absolute atomic E-state index is 0. The smallest absolute Gasteiger partial charge is 0.744 e. The molecule has 0 unspecified atom stereocenters. The standard InChI is InChI=1S/2C26H40O3S.Ba/c2*1-3-5-7-9-11-13-16-22-20-24-18-15-19-26(30(27,28)29)25(24)21-23(22)17-14-12-10-8-6-4-2;/h2*15,18-21H,3-14,16-17H2,1-2H3,(H,27,28,29);/q;;+2/p-2. The van der Waals surface area contributed by atoms with Crippen LogP contribution in [0, 0.1) is 0 Å². The second kappa shape index (κ2) is 31.6. The van der Waals surface area contributed by atoms with Gasteiger partial charge in [-0.3, -0.25) is 0 Å². The molecule has 61 heavy (non-hydrogen) atoms. The van der Waals surface area contributed by atoms with Crippen molar-refractivity contribution in [2.45, 2.75) is 217 Å². The summed E-state index contributed by atoms with van der Waals surface area (Å²) in [7, 11) is -8.95. The van der Waals surface area contributed by atoms with E-state index in [1.165, 1.54) is 163 Å². The molecule has 0 radical (unpaired) electrons. The first-order valence-electron chi connectivity index (χ1n) is 23.9. The Labute approximate surface area is 412 Å². The van der Waals surface area contributed by atoms with Crippen LogP contribution in [0.2, 0.25) is 0 Å². The van der Waals surface area contributed by atoms with Crippen LogP contribution in [-0.4, -0.2) is 74.8 Å². The molecule has 9 heteroatoms. The van der Waals surface area contributed by atoms with Crippen molar-refractivity contribution in [1.82, 2.24) is 0 Å². The van der Waals surface area contributed by atoms with Gasteiger partial charge in [0.15, 0.2) is 0 Å². The SMILES string of the molecule is CCCCCCCCc1cc2cccc(S(=O)(=O)[O-])c2cc1CCCCCCCC.CCCCCCCCc1cc2cccc(S(=O)(=O)[O-])c2cc1CCCCCCCC.[Ba+2]. The minimum atomic E-state index is -4.47. The molecule has 4 rings (SSSR count). The summed E-state index contributed by atoms with van der Waals surface area (Å²) >= 11 is 0. The van der Waals surface area contributed by atoms with Crippen molar-refractivity contribution >= 4 is 90.7 Å². The molecule has 6 nitrogen and oxygen atoms in total. The van der Waals surface area contributed by atoms with E-state index in [0.717, 1.165) is 62.1 Å². The van der Waals surface area contributed by atoms with Gasteiger partial charge < -0.3 is 9.11 Å². The largest absolute Gasteiger partial charge is 2.00 e. The van der Waals surface area contributed by atoms with Gasteiger partial charge >= 0.3 is 48.9 Å². The van der Waals surface area contributed by atoms with Gasteiger partial charge in [0.25, 0.3) is 0 Å². The van der Waals surface area contributed by atoms with Crippen LogP contribution in [0.1, 0.15) is 204 Å². The second-order valence-electron chi connectivity index (χ2n) is 17.2. The molecule has 0 N–H and O–H groups in total. The van der Waals surface area contributed by atoms with Gasteiger partial charge in [0, 0.05) is 0 Å². The first kappa shape index (κ1) is 55.9. The molecule has 0 amide bonds. The number of fused-ring (bicyclic) bond motifs is 2. The summed E-state index contributed by atoms with van der Waals surface area (Å²) in [6.45, 7) is 8.93. The third-order valence-electron chi connectivity index (χ3n) is 12.1. The number of aryl methyl sites for hydroxylation is 4. The third kappa shape index (κ3) is 21.1. The molecule has 0 heterocycles. The Morgan fingerprint density at radius 3 is 0.869 bits per heavy atom. The molecule has 336 valence electrons. The van der Waals surface area contributed by atoms with Crippen molar-refractivity contribution in [2.75, 3.05) is 0 Å². The molecule has 0 bridgehead atoms. The maximum atomic E-state index is 11.7. The van der Waals surface area contributed by atoms with Gasteiger partial charge in [-0.05, 0) is 119 Å². The van der Waals surface area contributed by atoms with Crippen LogP contribution in [0.25, 0.3) is 21.5 Å². The Morgan fingerprint density at radius 2 is 0.607 bits per heavy atom.